The molecule has 0 heterocycles. The third kappa shape index (κ3) is 8.17. The summed E-state index contributed by atoms with van der Waals surface area (Å²) in [6, 6.07) is 0. The standard InChI is InChI=1S/C18H54BFN4Si6/c1-25(2,3)21(23(27(7,8)9)28(10,11)12)19(20)22(26(4,5)6)24(29(13,14)15)30(16,17)18/h1-18H3. The Kier molecular flexibility index (Phi) is 9.77. The summed E-state index contributed by atoms with van der Waals surface area (Å²) in [5, 5.41) is 0. The summed E-state index contributed by atoms with van der Waals surface area (Å²) in [6.45, 7) is 42.6. The molecule has 0 aromatic carbocycles. The molecule has 0 saturated carbocycles. The van der Waals surface area contributed by atoms with Crippen LogP contribution in [-0.2, 0) is 0 Å². The number of hydrogen-bond acceptors (Lipinski definition) is 4. The molecule has 0 aromatic heterocycles. The summed E-state index contributed by atoms with van der Waals surface area (Å²) in [4.78, 5) is 0. The van der Waals surface area contributed by atoms with E-state index in [1.165, 1.54) is 0 Å². The lowest BCUT2D eigenvalue weighted by atomic mass is 10.1. The minimum absolute atomic E-state index is 1.08. The van der Waals surface area contributed by atoms with E-state index >= 15 is 4.32 Å². The number of hydrazine groups is 2. The molecule has 30 heavy (non-hydrogen) atoms. The Morgan fingerprint density at radius 2 is 0.533 bits per heavy atom. The minimum atomic E-state index is -2.00. The molecule has 0 N–H and O–H groups in total. The van der Waals surface area contributed by atoms with Gasteiger partial charge in [0.15, 0.2) is 0 Å². The van der Waals surface area contributed by atoms with Gasteiger partial charge in [0.2, 0.25) is 0 Å². The quantitative estimate of drug-likeness (QED) is 0.225. The SMILES string of the molecule is C[Si](C)(C)N(B(F)N(N([Si](C)(C)C)[Si](C)(C)C)[Si](C)(C)C)N([Si](C)(C)C)[Si](C)(C)C. The first-order valence-electron chi connectivity index (χ1n) is 11.5. The zero-order valence-corrected chi connectivity index (χ0v) is 29.7. The van der Waals surface area contributed by atoms with E-state index in [4.69, 9.17) is 0 Å². The Bertz CT molecular complexity index is 492. The van der Waals surface area contributed by atoms with Gasteiger partial charge in [-0.3, -0.25) is 22.2 Å². The van der Waals surface area contributed by atoms with E-state index in [2.05, 4.69) is 136 Å². The molecule has 0 unspecified atom stereocenters. The van der Waals surface area contributed by atoms with Crippen molar-refractivity contribution in [1.82, 2.24) is 17.9 Å². The Labute approximate surface area is 196 Å². The second kappa shape index (κ2) is 9.41. The lowest BCUT2D eigenvalue weighted by molar-refractivity contribution is 0.252. The molecular formula is C18H54BFN4Si6. The molecule has 4 nitrogen and oxygen atoms in total. The number of nitrogens with zero attached hydrogens (tertiary/aromatic N) is 4. The molecule has 180 valence electrons. The molecular weight excluding hydrogens is 471 g/mol. The van der Waals surface area contributed by atoms with Crippen LogP contribution < -0.4 is 0 Å². The van der Waals surface area contributed by atoms with Crippen LogP contribution in [0.15, 0.2) is 0 Å². The van der Waals surface area contributed by atoms with Crippen molar-refractivity contribution < 1.29 is 4.32 Å². The van der Waals surface area contributed by atoms with Crippen molar-refractivity contribution in [2.24, 2.45) is 0 Å². The molecule has 0 radical (unpaired) electrons. The Morgan fingerprint density at radius 3 is 0.633 bits per heavy atom. The van der Waals surface area contributed by atoms with Crippen LogP contribution in [-0.4, -0.2) is 74.5 Å². The van der Waals surface area contributed by atoms with Crippen LogP contribution in [0, 0.1) is 0 Å². The first kappa shape index (κ1) is 31.1. The van der Waals surface area contributed by atoms with E-state index in [-0.39, 0.29) is 0 Å². The van der Waals surface area contributed by atoms with Crippen molar-refractivity contribution >= 4 is 56.7 Å². The van der Waals surface area contributed by atoms with Gasteiger partial charge in [-0.2, -0.15) is 0 Å². The highest BCUT2D eigenvalue weighted by Gasteiger charge is 2.56. The van der Waals surface area contributed by atoms with E-state index in [1.807, 2.05) is 0 Å². The highest BCUT2D eigenvalue weighted by atomic mass is 28.4. The summed E-state index contributed by atoms with van der Waals surface area (Å²) < 4.78 is 27.1. The average Bonchev–Trinajstić information content (AvgIpc) is 2.32. The van der Waals surface area contributed by atoms with E-state index in [0.717, 1.165) is 0 Å². The number of rotatable bonds is 10. The van der Waals surface area contributed by atoms with Crippen LogP contribution in [0.4, 0.5) is 4.32 Å². The largest absolute Gasteiger partial charge is 0.532 e. The highest BCUT2D eigenvalue weighted by molar-refractivity contribution is 6.96. The first-order valence-corrected chi connectivity index (χ1v) is 32.2. The average molecular weight is 525 g/mol. The third-order valence-electron chi connectivity index (χ3n) is 4.75. The van der Waals surface area contributed by atoms with Crippen LogP contribution in [0.3, 0.4) is 0 Å². The second-order valence-corrected chi connectivity index (χ2v) is 44.2. The smallest absolute Gasteiger partial charge is 0.296 e. The first-order chi connectivity index (χ1) is 12.6. The second-order valence-electron chi connectivity index (χ2n) is 14.6. The van der Waals surface area contributed by atoms with Gasteiger partial charge in [-0.15, -0.1) is 0 Å². The maximum atomic E-state index is 17.3. The molecule has 0 rings (SSSR count). The molecule has 0 aliphatic carbocycles. The van der Waals surface area contributed by atoms with Gasteiger partial charge in [0, 0.05) is 0 Å². The molecule has 0 aromatic rings. The molecule has 0 saturated heterocycles. The fourth-order valence-corrected chi connectivity index (χ4v) is 33.9. The predicted molar refractivity (Wildman–Crippen MR) is 154 cm³/mol. The summed E-state index contributed by atoms with van der Waals surface area (Å²) >= 11 is 0. The van der Waals surface area contributed by atoms with Crippen molar-refractivity contribution in [3.8, 4) is 0 Å². The molecule has 0 atom stereocenters. The van der Waals surface area contributed by atoms with Gasteiger partial charge in [0.25, 0.3) is 0 Å². The van der Waals surface area contributed by atoms with Gasteiger partial charge in [-0.25, -0.2) is 0 Å². The molecule has 0 aliphatic heterocycles. The number of hydrogen-bond donors (Lipinski definition) is 0. The molecule has 0 amide bonds. The Hall–Kier alpha value is 1.14. The lowest BCUT2D eigenvalue weighted by Crippen LogP contribution is -2.82. The van der Waals surface area contributed by atoms with Crippen LogP contribution in [0.5, 0.6) is 0 Å². The van der Waals surface area contributed by atoms with Crippen LogP contribution >= 0.6 is 0 Å². The monoisotopic (exact) mass is 524 g/mol. The van der Waals surface area contributed by atoms with Gasteiger partial charge in [0.1, 0.15) is 49.4 Å². The topological polar surface area (TPSA) is 13.0 Å². The van der Waals surface area contributed by atoms with Gasteiger partial charge < -0.3 is 0 Å². The molecule has 0 aliphatic rings. The Balaban J connectivity index is 7.02. The molecule has 0 fully saturated rings. The summed E-state index contributed by atoms with van der Waals surface area (Å²) in [5.74, 6) is 0. The minimum Gasteiger partial charge on any atom is -0.296 e. The van der Waals surface area contributed by atoms with Gasteiger partial charge >= 0.3 is 7.26 Å². The molecule has 0 spiro atoms. The van der Waals surface area contributed by atoms with E-state index < -0.39 is 56.7 Å². The molecule has 12 heteroatoms. The van der Waals surface area contributed by atoms with Gasteiger partial charge in [0.05, 0.1) is 0 Å². The van der Waals surface area contributed by atoms with Crippen LogP contribution in [0.25, 0.3) is 0 Å². The van der Waals surface area contributed by atoms with Gasteiger partial charge in [-0.1, -0.05) is 118 Å². The predicted octanol–water partition coefficient (Wildman–Crippen LogP) is 6.99. The van der Waals surface area contributed by atoms with Crippen LogP contribution in [0.2, 0.25) is 118 Å². The van der Waals surface area contributed by atoms with E-state index in [1.54, 1.807) is 0 Å². The van der Waals surface area contributed by atoms with Crippen molar-refractivity contribution in [1.29, 1.82) is 0 Å². The molecule has 0 bridgehead atoms. The van der Waals surface area contributed by atoms with Crippen molar-refractivity contribution in [2.75, 3.05) is 0 Å². The van der Waals surface area contributed by atoms with Crippen molar-refractivity contribution in [2.45, 2.75) is 118 Å². The van der Waals surface area contributed by atoms with Crippen LogP contribution in [0.1, 0.15) is 0 Å². The highest BCUT2D eigenvalue weighted by Crippen LogP contribution is 2.34. The maximum absolute atomic E-state index is 17.3. The zero-order chi connectivity index (χ0) is 24.9. The summed E-state index contributed by atoms with van der Waals surface area (Å²) in [7, 11) is -12.2. The fourth-order valence-electron chi connectivity index (χ4n) is 4.84. The summed E-state index contributed by atoms with van der Waals surface area (Å²) in [5.41, 5.74) is 0. The maximum Gasteiger partial charge on any atom is 0.532 e. The fraction of sp³-hybridized carbons (Fsp3) is 1.00. The third-order valence-corrected chi connectivity index (χ3v) is 23.1. The van der Waals surface area contributed by atoms with Gasteiger partial charge in [-0.05, 0) is 0 Å². The van der Waals surface area contributed by atoms with E-state index in [9.17, 15) is 0 Å². The number of halogens is 1. The normalized spacial score (nSPS) is 15.7. The lowest BCUT2D eigenvalue weighted by Gasteiger charge is -2.61. The van der Waals surface area contributed by atoms with Crippen molar-refractivity contribution in [3.63, 3.8) is 0 Å². The zero-order valence-electron chi connectivity index (χ0n) is 23.7. The van der Waals surface area contributed by atoms with E-state index in [0.29, 0.717) is 0 Å². The summed E-state index contributed by atoms with van der Waals surface area (Å²) in [6.07, 6.45) is 0. The Morgan fingerprint density at radius 1 is 0.367 bits per heavy atom. The van der Waals surface area contributed by atoms with Crippen molar-refractivity contribution in [3.05, 3.63) is 0 Å².